The summed E-state index contributed by atoms with van der Waals surface area (Å²) < 4.78 is 39.9. The molecule has 0 aromatic heterocycles. The summed E-state index contributed by atoms with van der Waals surface area (Å²) in [6.45, 7) is 1.95. The Kier molecular flexibility index (Phi) is 7.83. The summed E-state index contributed by atoms with van der Waals surface area (Å²) in [4.78, 5) is 25.9. The Balaban J connectivity index is 1.98. The van der Waals surface area contributed by atoms with Gasteiger partial charge in [-0.15, -0.1) is 0 Å². The minimum absolute atomic E-state index is 0.104. The maximum absolute atomic E-state index is 13.7. The van der Waals surface area contributed by atoms with Gasteiger partial charge < -0.3 is 10.6 Å². The van der Waals surface area contributed by atoms with Gasteiger partial charge in [0.25, 0.3) is 0 Å². The van der Waals surface area contributed by atoms with Crippen molar-refractivity contribution in [1.82, 2.24) is 4.90 Å². The number of para-hydroxylation sites is 1. The predicted molar refractivity (Wildman–Crippen MR) is 102 cm³/mol. The zero-order valence-electron chi connectivity index (χ0n) is 15.1. The third kappa shape index (κ3) is 5.97. The fraction of sp³-hybridized carbons (Fsp3) is 0.263. The van der Waals surface area contributed by atoms with Gasteiger partial charge >= 0.3 is 0 Å². The third-order valence-corrected chi connectivity index (χ3v) is 4.06. The van der Waals surface area contributed by atoms with E-state index in [0.717, 1.165) is 12.1 Å². The molecule has 0 heterocycles. The molecule has 0 saturated carbocycles. The lowest BCUT2D eigenvalue weighted by Crippen LogP contribution is -2.39. The topological polar surface area (TPSA) is 61.4 Å². The fourth-order valence-electron chi connectivity index (χ4n) is 2.50. The lowest BCUT2D eigenvalue weighted by Gasteiger charge is -2.21. The van der Waals surface area contributed by atoms with E-state index < -0.39 is 29.0 Å². The van der Waals surface area contributed by atoms with Crippen LogP contribution >= 0.6 is 11.6 Å². The number of hydrogen-bond donors (Lipinski definition) is 2. The molecule has 0 aliphatic carbocycles. The Morgan fingerprint density at radius 3 is 2.14 bits per heavy atom. The second-order valence-electron chi connectivity index (χ2n) is 6.01. The maximum atomic E-state index is 13.7. The Labute approximate surface area is 165 Å². The molecule has 0 atom stereocenters. The maximum Gasteiger partial charge on any atom is 0.238 e. The molecule has 0 unspecified atom stereocenters. The van der Waals surface area contributed by atoms with Crippen LogP contribution in [0, 0.1) is 17.5 Å². The predicted octanol–water partition coefficient (Wildman–Crippen LogP) is 4.05. The van der Waals surface area contributed by atoms with E-state index >= 15 is 0 Å². The Morgan fingerprint density at radius 1 is 0.929 bits per heavy atom. The number of amides is 2. The largest absolute Gasteiger partial charge is 0.324 e. The van der Waals surface area contributed by atoms with E-state index in [-0.39, 0.29) is 19.0 Å². The van der Waals surface area contributed by atoms with Crippen LogP contribution < -0.4 is 10.6 Å². The van der Waals surface area contributed by atoms with E-state index in [0.29, 0.717) is 23.7 Å². The molecule has 2 aromatic rings. The first-order valence-electron chi connectivity index (χ1n) is 8.52. The van der Waals surface area contributed by atoms with Gasteiger partial charge in [0.15, 0.2) is 17.5 Å². The number of carbonyl (C=O) groups is 2. The third-order valence-electron chi connectivity index (χ3n) is 3.73. The van der Waals surface area contributed by atoms with E-state index in [9.17, 15) is 22.8 Å². The van der Waals surface area contributed by atoms with E-state index in [1.807, 2.05) is 6.92 Å². The van der Waals surface area contributed by atoms with Gasteiger partial charge in [-0.05, 0) is 37.2 Å². The molecular weight excluding hydrogens is 395 g/mol. The average molecular weight is 414 g/mol. The standard InChI is InChI=1S/C19H19ClF3N3O2/c1-2-9-26(10-16(27)24-14-6-4-3-5-12(14)20)11-17(28)25-15-8-7-13(21)18(22)19(15)23/h3-8H,2,9-11H2,1H3,(H,24,27)(H,25,28). The highest BCUT2D eigenvalue weighted by Gasteiger charge is 2.18. The summed E-state index contributed by atoms with van der Waals surface area (Å²) >= 11 is 5.99. The fourth-order valence-corrected chi connectivity index (χ4v) is 2.68. The summed E-state index contributed by atoms with van der Waals surface area (Å²) in [5, 5.41) is 5.21. The zero-order valence-corrected chi connectivity index (χ0v) is 15.8. The molecule has 0 aliphatic rings. The van der Waals surface area contributed by atoms with Crippen molar-refractivity contribution < 1.29 is 22.8 Å². The summed E-state index contributed by atoms with van der Waals surface area (Å²) in [6, 6.07) is 8.36. The summed E-state index contributed by atoms with van der Waals surface area (Å²) in [7, 11) is 0. The molecule has 0 aliphatic heterocycles. The van der Waals surface area contributed by atoms with Gasteiger partial charge in [-0.2, -0.15) is 0 Å². The van der Waals surface area contributed by atoms with Crippen LogP contribution in [0.3, 0.4) is 0 Å². The SMILES string of the molecule is CCCN(CC(=O)Nc1ccccc1Cl)CC(=O)Nc1ccc(F)c(F)c1F. The summed E-state index contributed by atoms with van der Waals surface area (Å²) in [5.41, 5.74) is -0.0280. The molecule has 28 heavy (non-hydrogen) atoms. The van der Waals surface area contributed by atoms with Gasteiger partial charge in [-0.25, -0.2) is 13.2 Å². The first-order chi connectivity index (χ1) is 13.3. The second-order valence-corrected chi connectivity index (χ2v) is 6.42. The van der Waals surface area contributed by atoms with Crippen LogP contribution in [0.4, 0.5) is 24.5 Å². The van der Waals surface area contributed by atoms with Crippen molar-refractivity contribution in [3.8, 4) is 0 Å². The average Bonchev–Trinajstić information content (AvgIpc) is 2.64. The number of carbonyl (C=O) groups excluding carboxylic acids is 2. The molecule has 0 saturated heterocycles. The zero-order chi connectivity index (χ0) is 20.7. The number of nitrogens with one attached hydrogen (secondary N) is 2. The highest BCUT2D eigenvalue weighted by atomic mass is 35.5. The highest BCUT2D eigenvalue weighted by molar-refractivity contribution is 6.33. The smallest absolute Gasteiger partial charge is 0.238 e. The molecular formula is C19H19ClF3N3O2. The van der Waals surface area contributed by atoms with Crippen molar-refractivity contribution in [3.63, 3.8) is 0 Å². The van der Waals surface area contributed by atoms with E-state index in [1.54, 1.807) is 29.2 Å². The van der Waals surface area contributed by atoms with Crippen molar-refractivity contribution in [2.24, 2.45) is 0 Å². The quantitative estimate of drug-likeness (QED) is 0.642. The molecule has 2 N–H and O–H groups in total. The number of rotatable bonds is 8. The molecule has 0 bridgehead atoms. The minimum atomic E-state index is -1.66. The Hall–Kier alpha value is -2.58. The van der Waals surface area contributed by atoms with Crippen molar-refractivity contribution in [1.29, 1.82) is 0 Å². The van der Waals surface area contributed by atoms with Crippen molar-refractivity contribution in [2.75, 3.05) is 30.3 Å². The molecule has 9 heteroatoms. The van der Waals surface area contributed by atoms with Crippen molar-refractivity contribution in [2.45, 2.75) is 13.3 Å². The highest BCUT2D eigenvalue weighted by Crippen LogP contribution is 2.21. The number of halogens is 4. The van der Waals surface area contributed by atoms with Gasteiger partial charge in [-0.1, -0.05) is 30.7 Å². The molecule has 0 fully saturated rings. The van der Waals surface area contributed by atoms with Crippen LogP contribution in [0.5, 0.6) is 0 Å². The van der Waals surface area contributed by atoms with Crippen LogP contribution in [0.15, 0.2) is 36.4 Å². The van der Waals surface area contributed by atoms with Crippen LogP contribution in [0.25, 0.3) is 0 Å². The van der Waals surface area contributed by atoms with Crippen LogP contribution in [0.1, 0.15) is 13.3 Å². The molecule has 2 rings (SSSR count). The Bertz CT molecular complexity index is 864. The van der Waals surface area contributed by atoms with E-state index in [2.05, 4.69) is 10.6 Å². The van der Waals surface area contributed by atoms with E-state index in [1.165, 1.54) is 0 Å². The van der Waals surface area contributed by atoms with E-state index in [4.69, 9.17) is 11.6 Å². The molecule has 0 spiro atoms. The summed E-state index contributed by atoms with van der Waals surface area (Å²) in [6.07, 6.45) is 0.659. The number of benzene rings is 2. The number of anilines is 2. The lowest BCUT2D eigenvalue weighted by atomic mass is 10.2. The second kappa shape index (κ2) is 10.1. The number of hydrogen-bond acceptors (Lipinski definition) is 3. The van der Waals surface area contributed by atoms with Gasteiger partial charge in [-0.3, -0.25) is 14.5 Å². The summed E-state index contributed by atoms with van der Waals surface area (Å²) in [5.74, 6) is -5.54. The first kappa shape index (κ1) is 21.7. The lowest BCUT2D eigenvalue weighted by molar-refractivity contribution is -0.120. The van der Waals surface area contributed by atoms with Crippen LogP contribution in [-0.4, -0.2) is 36.3 Å². The van der Waals surface area contributed by atoms with Gasteiger partial charge in [0.05, 0.1) is 29.5 Å². The van der Waals surface area contributed by atoms with Crippen LogP contribution in [-0.2, 0) is 9.59 Å². The normalized spacial score (nSPS) is 10.8. The molecule has 5 nitrogen and oxygen atoms in total. The van der Waals surface area contributed by atoms with Crippen molar-refractivity contribution in [3.05, 3.63) is 58.9 Å². The molecule has 150 valence electrons. The Morgan fingerprint density at radius 2 is 1.54 bits per heavy atom. The minimum Gasteiger partial charge on any atom is -0.324 e. The number of nitrogens with zero attached hydrogens (tertiary/aromatic N) is 1. The van der Waals surface area contributed by atoms with Gasteiger partial charge in [0.2, 0.25) is 11.8 Å². The van der Waals surface area contributed by atoms with Crippen molar-refractivity contribution >= 4 is 34.8 Å². The molecule has 2 aromatic carbocycles. The first-order valence-corrected chi connectivity index (χ1v) is 8.89. The monoisotopic (exact) mass is 413 g/mol. The van der Waals surface area contributed by atoms with Gasteiger partial charge in [0.1, 0.15) is 0 Å². The molecule has 0 radical (unpaired) electrons. The van der Waals surface area contributed by atoms with Crippen LogP contribution in [0.2, 0.25) is 5.02 Å². The molecule has 2 amide bonds. The van der Waals surface area contributed by atoms with Gasteiger partial charge in [0, 0.05) is 0 Å².